The Labute approximate surface area is 151 Å². The lowest BCUT2D eigenvalue weighted by Crippen LogP contribution is -2.30. The minimum absolute atomic E-state index is 0.172. The van der Waals surface area contributed by atoms with Gasteiger partial charge >= 0.3 is 10.2 Å². The molecular formula is C17H20FN3O4S. The summed E-state index contributed by atoms with van der Waals surface area (Å²) in [5, 5.41) is 13.4. The minimum atomic E-state index is -4.20. The second-order valence-corrected chi connectivity index (χ2v) is 8.64. The van der Waals surface area contributed by atoms with Crippen molar-refractivity contribution in [3.8, 4) is 5.75 Å². The average molecular weight is 381 g/mol. The number of halogens is 1. The molecule has 4 rings (SSSR count). The second kappa shape index (κ2) is 6.24. The van der Waals surface area contributed by atoms with E-state index in [1.165, 1.54) is 31.4 Å². The van der Waals surface area contributed by atoms with Gasteiger partial charge < -0.3 is 10.4 Å². The largest absolute Gasteiger partial charge is 0.506 e. The molecule has 1 unspecified atom stereocenters. The zero-order valence-electron chi connectivity index (χ0n) is 14.0. The van der Waals surface area contributed by atoms with E-state index in [-0.39, 0.29) is 11.6 Å². The van der Waals surface area contributed by atoms with E-state index < -0.39 is 39.9 Å². The molecule has 2 fully saturated rings. The molecule has 0 aromatic heterocycles. The maximum absolute atomic E-state index is 15.1. The van der Waals surface area contributed by atoms with Crippen LogP contribution in [0.1, 0.15) is 31.2 Å². The number of phenols is 1. The van der Waals surface area contributed by atoms with Gasteiger partial charge in [0, 0.05) is 18.2 Å². The molecule has 1 saturated heterocycles. The number of carbonyl (C=O) groups is 1. The van der Waals surface area contributed by atoms with Crippen LogP contribution < -0.4 is 14.3 Å². The normalized spacial score (nSPS) is 25.1. The number of amides is 1. The van der Waals surface area contributed by atoms with E-state index in [1.54, 1.807) is 4.72 Å². The lowest BCUT2D eigenvalue weighted by atomic mass is 9.81. The Balaban J connectivity index is 1.66. The van der Waals surface area contributed by atoms with Crippen LogP contribution in [0.15, 0.2) is 18.2 Å². The first kappa shape index (κ1) is 17.3. The van der Waals surface area contributed by atoms with Crippen LogP contribution in [0, 0.1) is 11.7 Å². The third-order valence-electron chi connectivity index (χ3n) is 5.28. The highest BCUT2D eigenvalue weighted by Gasteiger charge is 2.38. The van der Waals surface area contributed by atoms with Gasteiger partial charge in [0.2, 0.25) is 0 Å². The van der Waals surface area contributed by atoms with Crippen molar-refractivity contribution in [2.75, 3.05) is 17.4 Å². The Kier molecular flexibility index (Phi) is 4.15. The molecule has 1 saturated carbocycles. The fraction of sp³-hybridized carbons (Fsp3) is 0.471. The molecule has 1 aromatic rings. The lowest BCUT2D eigenvalue weighted by Gasteiger charge is -2.27. The zero-order valence-corrected chi connectivity index (χ0v) is 14.9. The van der Waals surface area contributed by atoms with Crippen molar-refractivity contribution >= 4 is 27.4 Å². The number of hydrogen-bond acceptors (Lipinski definition) is 5. The van der Waals surface area contributed by atoms with Gasteiger partial charge in [-0.25, -0.2) is 13.4 Å². The Morgan fingerprint density at radius 1 is 1.31 bits per heavy atom. The van der Waals surface area contributed by atoms with Crippen LogP contribution in [0.25, 0.3) is 5.57 Å². The minimum Gasteiger partial charge on any atom is -0.506 e. The molecule has 3 N–H and O–H groups in total. The number of anilines is 1. The summed E-state index contributed by atoms with van der Waals surface area (Å²) < 4.78 is 41.5. The summed E-state index contributed by atoms with van der Waals surface area (Å²) in [5.41, 5.74) is 0.462. The van der Waals surface area contributed by atoms with Gasteiger partial charge in [-0.3, -0.25) is 4.79 Å². The molecule has 1 aliphatic carbocycles. The Hall–Kier alpha value is -2.13. The number of hydrogen-bond donors (Lipinski definition) is 3. The number of benzene rings is 1. The van der Waals surface area contributed by atoms with Gasteiger partial charge in [0.05, 0.1) is 0 Å². The molecule has 9 heteroatoms. The van der Waals surface area contributed by atoms with Crippen LogP contribution in [0.3, 0.4) is 0 Å². The van der Waals surface area contributed by atoms with E-state index >= 15 is 4.39 Å². The van der Waals surface area contributed by atoms with E-state index in [0.29, 0.717) is 16.8 Å². The summed E-state index contributed by atoms with van der Waals surface area (Å²) in [4.78, 5) is 11.4. The summed E-state index contributed by atoms with van der Waals surface area (Å²) >= 11 is 0. The second-order valence-electron chi connectivity index (χ2n) is 7.04. The van der Waals surface area contributed by atoms with E-state index in [4.69, 9.17) is 0 Å². The fourth-order valence-electron chi connectivity index (χ4n) is 3.71. The maximum atomic E-state index is 15.1. The SMILES string of the molecule is O=C1CN(c2c(O)ccc(C3=CC(CC4CCC4)NC3)c2F)S(=O)(=O)N1. The van der Waals surface area contributed by atoms with Gasteiger partial charge in [0.25, 0.3) is 5.91 Å². The molecular weight excluding hydrogens is 361 g/mol. The highest BCUT2D eigenvalue weighted by Crippen LogP contribution is 2.38. The van der Waals surface area contributed by atoms with Crippen molar-refractivity contribution in [3.63, 3.8) is 0 Å². The monoisotopic (exact) mass is 381 g/mol. The molecule has 3 aliphatic rings. The number of nitrogens with zero attached hydrogens (tertiary/aromatic N) is 1. The van der Waals surface area contributed by atoms with Crippen molar-refractivity contribution in [2.45, 2.75) is 31.7 Å². The quantitative estimate of drug-likeness (QED) is 0.729. The average Bonchev–Trinajstić information content (AvgIpc) is 3.07. The third kappa shape index (κ3) is 2.95. The first-order valence-electron chi connectivity index (χ1n) is 8.64. The molecule has 1 atom stereocenters. The van der Waals surface area contributed by atoms with Crippen molar-refractivity contribution in [1.82, 2.24) is 10.0 Å². The van der Waals surface area contributed by atoms with Crippen LogP contribution in [-0.2, 0) is 15.0 Å². The topological polar surface area (TPSA) is 98.7 Å². The zero-order chi connectivity index (χ0) is 18.5. The molecule has 0 radical (unpaired) electrons. The van der Waals surface area contributed by atoms with Crippen molar-refractivity contribution < 1.29 is 22.7 Å². The molecule has 2 heterocycles. The third-order valence-corrected chi connectivity index (χ3v) is 6.66. The predicted molar refractivity (Wildman–Crippen MR) is 94.2 cm³/mol. The van der Waals surface area contributed by atoms with Crippen molar-refractivity contribution in [3.05, 3.63) is 29.6 Å². The van der Waals surface area contributed by atoms with Crippen molar-refractivity contribution in [1.29, 1.82) is 0 Å². The van der Waals surface area contributed by atoms with Crippen LogP contribution in [0.4, 0.5) is 10.1 Å². The van der Waals surface area contributed by atoms with Gasteiger partial charge in [-0.15, -0.1) is 0 Å². The number of carbonyl (C=O) groups excluding carboxylic acids is 1. The van der Waals surface area contributed by atoms with E-state index in [2.05, 4.69) is 5.32 Å². The number of rotatable bonds is 4. The Morgan fingerprint density at radius 2 is 2.08 bits per heavy atom. The highest BCUT2D eigenvalue weighted by atomic mass is 32.2. The summed E-state index contributed by atoms with van der Waals surface area (Å²) in [7, 11) is -4.20. The first-order valence-corrected chi connectivity index (χ1v) is 10.1. The Morgan fingerprint density at radius 3 is 2.69 bits per heavy atom. The predicted octanol–water partition coefficient (Wildman–Crippen LogP) is 1.26. The molecule has 0 spiro atoms. The van der Waals surface area contributed by atoms with E-state index in [0.717, 1.165) is 12.0 Å². The van der Waals surface area contributed by atoms with Crippen LogP contribution >= 0.6 is 0 Å². The van der Waals surface area contributed by atoms with Gasteiger partial charge in [-0.1, -0.05) is 25.3 Å². The summed E-state index contributed by atoms with van der Waals surface area (Å²) in [6, 6.07) is 2.86. The molecule has 0 bridgehead atoms. The van der Waals surface area contributed by atoms with Gasteiger partial charge in [-0.2, -0.15) is 8.42 Å². The molecule has 2 aliphatic heterocycles. The molecule has 1 amide bonds. The standard InChI is InChI=1S/C17H20FN3O4S/c18-16-13(11-7-12(19-8-11)6-10-2-1-3-10)4-5-14(22)17(16)21-9-15(23)20-26(21,24)25/h4-5,7,10,12,19,22H,1-3,6,8-9H2,(H,20,23). The van der Waals surface area contributed by atoms with E-state index in [9.17, 15) is 18.3 Å². The van der Waals surface area contributed by atoms with Gasteiger partial charge in [0.1, 0.15) is 18.0 Å². The highest BCUT2D eigenvalue weighted by molar-refractivity contribution is 7.92. The molecule has 1 aromatic carbocycles. The number of nitrogens with one attached hydrogen (secondary N) is 2. The van der Waals surface area contributed by atoms with Crippen molar-refractivity contribution in [2.24, 2.45) is 5.92 Å². The fourth-order valence-corrected chi connectivity index (χ4v) is 4.87. The van der Waals surface area contributed by atoms with E-state index in [1.807, 2.05) is 6.08 Å². The summed E-state index contributed by atoms with van der Waals surface area (Å²) in [5.74, 6) is -1.43. The molecule has 26 heavy (non-hydrogen) atoms. The van der Waals surface area contributed by atoms with Crippen LogP contribution in [0.5, 0.6) is 5.75 Å². The molecule has 7 nitrogen and oxygen atoms in total. The van der Waals surface area contributed by atoms with Gasteiger partial charge in [0.15, 0.2) is 5.82 Å². The number of phenolic OH excluding ortho intramolecular Hbond substituents is 1. The first-order chi connectivity index (χ1) is 12.3. The smallest absolute Gasteiger partial charge is 0.326 e. The van der Waals surface area contributed by atoms with Crippen LogP contribution in [-0.4, -0.2) is 38.6 Å². The maximum Gasteiger partial charge on any atom is 0.326 e. The lowest BCUT2D eigenvalue weighted by molar-refractivity contribution is -0.117. The van der Waals surface area contributed by atoms with Gasteiger partial charge in [-0.05, 0) is 30.0 Å². The number of aromatic hydroxyl groups is 1. The Bertz CT molecular complexity index is 896. The van der Waals surface area contributed by atoms with Crippen LogP contribution in [0.2, 0.25) is 0 Å². The molecule has 140 valence electrons. The summed E-state index contributed by atoms with van der Waals surface area (Å²) in [6.45, 7) is -0.0830. The summed E-state index contributed by atoms with van der Waals surface area (Å²) in [6.07, 6.45) is 6.70.